The summed E-state index contributed by atoms with van der Waals surface area (Å²) in [4.78, 5) is 12.0. The highest BCUT2D eigenvalue weighted by Gasteiger charge is 2.48. The minimum Gasteiger partial charge on any atom is -0.299 e. The normalized spacial score (nSPS) is 40.4. The third-order valence-corrected chi connectivity index (χ3v) is 5.65. The Balaban J connectivity index is 2.34. The van der Waals surface area contributed by atoms with E-state index >= 15 is 0 Å². The molecule has 2 aliphatic rings. The zero-order chi connectivity index (χ0) is 12.8. The summed E-state index contributed by atoms with van der Waals surface area (Å²) in [7, 11) is 0. The van der Waals surface area contributed by atoms with Crippen LogP contribution in [0.3, 0.4) is 0 Å². The second-order valence-electron chi connectivity index (χ2n) is 7.14. The fraction of sp³-hybridized carbons (Fsp3) is 0.812. The molecule has 0 spiro atoms. The molecule has 1 nitrogen and oxygen atoms in total. The zero-order valence-electron chi connectivity index (χ0n) is 12.0. The quantitative estimate of drug-likeness (QED) is 0.616. The molecule has 2 aliphatic carbocycles. The summed E-state index contributed by atoms with van der Waals surface area (Å²) in [5.74, 6) is 1.50. The van der Waals surface area contributed by atoms with Gasteiger partial charge in [-0.25, -0.2) is 0 Å². The van der Waals surface area contributed by atoms with Gasteiger partial charge in [-0.05, 0) is 49.9 Å². The lowest BCUT2D eigenvalue weighted by Crippen LogP contribution is -2.44. The third kappa shape index (κ3) is 1.98. The smallest absolute Gasteiger partial charge is 0.135 e. The van der Waals surface area contributed by atoms with Gasteiger partial charge in [0.05, 0.1) is 0 Å². The van der Waals surface area contributed by atoms with Crippen molar-refractivity contribution in [3.05, 3.63) is 11.6 Å². The van der Waals surface area contributed by atoms with Crippen LogP contribution >= 0.6 is 0 Å². The van der Waals surface area contributed by atoms with Crippen LogP contribution in [0.2, 0.25) is 0 Å². The van der Waals surface area contributed by atoms with Crippen molar-refractivity contribution in [2.45, 2.75) is 60.3 Å². The van der Waals surface area contributed by atoms with E-state index in [-0.39, 0.29) is 5.41 Å². The molecule has 0 radical (unpaired) electrons. The first kappa shape index (κ1) is 12.9. The van der Waals surface area contributed by atoms with E-state index in [1.807, 2.05) is 0 Å². The first-order valence-corrected chi connectivity index (χ1v) is 6.97. The van der Waals surface area contributed by atoms with Crippen LogP contribution in [0.15, 0.2) is 11.6 Å². The van der Waals surface area contributed by atoms with Crippen molar-refractivity contribution in [3.8, 4) is 0 Å². The van der Waals surface area contributed by atoms with Crippen LogP contribution in [0.5, 0.6) is 0 Å². The van der Waals surface area contributed by atoms with Gasteiger partial charge in [-0.2, -0.15) is 0 Å². The number of hydrogen-bond acceptors (Lipinski definition) is 1. The number of allylic oxidation sites excluding steroid dienone is 2. The molecule has 0 aromatic heterocycles. The van der Waals surface area contributed by atoms with Crippen molar-refractivity contribution in [2.75, 3.05) is 0 Å². The molecule has 96 valence electrons. The predicted octanol–water partition coefficient (Wildman–Crippen LogP) is 4.37. The van der Waals surface area contributed by atoms with Crippen LogP contribution in [-0.4, -0.2) is 5.78 Å². The van der Waals surface area contributed by atoms with E-state index in [2.05, 4.69) is 33.8 Å². The van der Waals surface area contributed by atoms with Crippen LogP contribution in [0.4, 0.5) is 0 Å². The van der Waals surface area contributed by atoms with Gasteiger partial charge in [0, 0.05) is 5.41 Å². The summed E-state index contributed by atoms with van der Waals surface area (Å²) in [6, 6.07) is 0. The molecule has 0 heterocycles. The number of fused-ring (bicyclic) bond motifs is 1. The Morgan fingerprint density at radius 2 is 2.00 bits per heavy atom. The maximum absolute atomic E-state index is 12.0. The number of ketones is 1. The molecule has 1 fully saturated rings. The fourth-order valence-corrected chi connectivity index (χ4v) is 3.78. The van der Waals surface area contributed by atoms with E-state index in [0.717, 1.165) is 12.8 Å². The van der Waals surface area contributed by atoms with Gasteiger partial charge in [-0.1, -0.05) is 39.3 Å². The SMILES string of the molecule is CC(=O)[C@]1(C)C[C@H]2C(=CCCC2(C)C)C[C@H]1C. The molecule has 0 aliphatic heterocycles. The van der Waals surface area contributed by atoms with E-state index in [1.54, 1.807) is 12.5 Å². The lowest BCUT2D eigenvalue weighted by atomic mass is 9.53. The number of Topliss-reactive ketones (excluding diaryl/α,β-unsaturated/α-hetero) is 1. The molecule has 1 saturated carbocycles. The maximum atomic E-state index is 12.0. The molecular weight excluding hydrogens is 208 g/mol. The minimum atomic E-state index is -0.101. The van der Waals surface area contributed by atoms with E-state index in [4.69, 9.17) is 0 Å². The van der Waals surface area contributed by atoms with Crippen molar-refractivity contribution in [3.63, 3.8) is 0 Å². The summed E-state index contributed by atoms with van der Waals surface area (Å²) >= 11 is 0. The molecule has 0 bridgehead atoms. The van der Waals surface area contributed by atoms with Gasteiger partial charge < -0.3 is 0 Å². The Kier molecular flexibility index (Phi) is 3.00. The molecule has 17 heavy (non-hydrogen) atoms. The summed E-state index contributed by atoms with van der Waals surface area (Å²) in [6.07, 6.45) is 7.13. The highest BCUT2D eigenvalue weighted by Crippen LogP contribution is 2.55. The van der Waals surface area contributed by atoms with Gasteiger partial charge in [-0.15, -0.1) is 0 Å². The summed E-state index contributed by atoms with van der Waals surface area (Å²) < 4.78 is 0. The second kappa shape index (κ2) is 3.96. The van der Waals surface area contributed by atoms with Crippen molar-refractivity contribution in [1.29, 1.82) is 0 Å². The fourth-order valence-electron chi connectivity index (χ4n) is 3.78. The number of carbonyl (C=O) groups excluding carboxylic acids is 1. The topological polar surface area (TPSA) is 17.1 Å². The minimum absolute atomic E-state index is 0.101. The highest BCUT2D eigenvalue weighted by atomic mass is 16.1. The second-order valence-corrected chi connectivity index (χ2v) is 7.14. The lowest BCUT2D eigenvalue weighted by Gasteiger charge is -2.50. The van der Waals surface area contributed by atoms with Crippen LogP contribution < -0.4 is 0 Å². The Morgan fingerprint density at radius 1 is 1.35 bits per heavy atom. The van der Waals surface area contributed by atoms with Crippen LogP contribution in [-0.2, 0) is 4.79 Å². The van der Waals surface area contributed by atoms with Crippen LogP contribution in [0, 0.1) is 22.7 Å². The predicted molar refractivity (Wildman–Crippen MR) is 71.8 cm³/mol. The average Bonchev–Trinajstić information content (AvgIpc) is 2.21. The summed E-state index contributed by atoms with van der Waals surface area (Å²) in [5, 5.41) is 0. The highest BCUT2D eigenvalue weighted by molar-refractivity contribution is 5.82. The van der Waals surface area contributed by atoms with Crippen LogP contribution in [0.25, 0.3) is 0 Å². The summed E-state index contributed by atoms with van der Waals surface area (Å²) in [6.45, 7) is 11.0. The molecule has 2 rings (SSSR count). The Morgan fingerprint density at radius 3 is 2.59 bits per heavy atom. The van der Waals surface area contributed by atoms with E-state index in [0.29, 0.717) is 23.0 Å². The van der Waals surface area contributed by atoms with Gasteiger partial charge in [-0.3, -0.25) is 4.79 Å². The average molecular weight is 234 g/mol. The van der Waals surface area contributed by atoms with E-state index < -0.39 is 0 Å². The van der Waals surface area contributed by atoms with Crippen molar-refractivity contribution in [1.82, 2.24) is 0 Å². The van der Waals surface area contributed by atoms with Crippen molar-refractivity contribution in [2.24, 2.45) is 22.7 Å². The number of hydrogen-bond donors (Lipinski definition) is 0. The first-order valence-electron chi connectivity index (χ1n) is 6.97. The Bertz CT molecular complexity index is 364. The molecule has 0 aromatic carbocycles. The third-order valence-electron chi connectivity index (χ3n) is 5.65. The standard InChI is InChI=1S/C16H26O/c1-11-9-13-7-6-8-15(3,4)14(13)10-16(11,5)12(2)17/h7,11,14H,6,8-10H2,1-5H3/t11-,14+,16-/m1/s1. The van der Waals surface area contributed by atoms with Gasteiger partial charge in [0.2, 0.25) is 0 Å². The molecule has 0 aromatic rings. The molecule has 1 heteroatoms. The van der Waals surface area contributed by atoms with Crippen molar-refractivity contribution < 1.29 is 4.79 Å². The van der Waals surface area contributed by atoms with Gasteiger partial charge in [0.25, 0.3) is 0 Å². The van der Waals surface area contributed by atoms with E-state index in [1.165, 1.54) is 12.8 Å². The monoisotopic (exact) mass is 234 g/mol. The molecule has 3 atom stereocenters. The number of rotatable bonds is 1. The molecule has 0 N–H and O–H groups in total. The van der Waals surface area contributed by atoms with Gasteiger partial charge in [0.1, 0.15) is 5.78 Å². The zero-order valence-corrected chi connectivity index (χ0v) is 12.0. The largest absolute Gasteiger partial charge is 0.299 e. The molecule has 0 unspecified atom stereocenters. The Hall–Kier alpha value is -0.590. The summed E-state index contributed by atoms with van der Waals surface area (Å²) in [5.41, 5.74) is 1.91. The Labute approximate surface area is 106 Å². The van der Waals surface area contributed by atoms with Crippen molar-refractivity contribution >= 4 is 5.78 Å². The lowest BCUT2D eigenvalue weighted by molar-refractivity contribution is -0.131. The van der Waals surface area contributed by atoms with Crippen LogP contribution in [0.1, 0.15) is 60.3 Å². The molecular formula is C16H26O. The van der Waals surface area contributed by atoms with E-state index in [9.17, 15) is 4.79 Å². The first-order chi connectivity index (χ1) is 7.77. The molecule has 0 amide bonds. The van der Waals surface area contributed by atoms with Gasteiger partial charge >= 0.3 is 0 Å². The number of carbonyl (C=O) groups is 1. The van der Waals surface area contributed by atoms with Gasteiger partial charge in [0.15, 0.2) is 0 Å². The molecule has 0 saturated heterocycles. The maximum Gasteiger partial charge on any atom is 0.135 e.